The van der Waals surface area contributed by atoms with Crippen molar-refractivity contribution in [3.63, 3.8) is 0 Å². The molecule has 1 aliphatic heterocycles. The molecule has 3 rings (SSSR count). The molecule has 1 aliphatic rings. The van der Waals surface area contributed by atoms with Crippen LogP contribution in [0.1, 0.15) is 24.1 Å². The van der Waals surface area contributed by atoms with Crippen molar-refractivity contribution in [2.24, 2.45) is 5.92 Å². The van der Waals surface area contributed by atoms with E-state index in [1.165, 1.54) is 12.7 Å². The molecule has 1 aromatic heterocycles. The van der Waals surface area contributed by atoms with Crippen molar-refractivity contribution in [3.8, 4) is 5.75 Å². The minimum Gasteiger partial charge on any atom is -0.491 e. The number of nitrogens with zero attached hydrogens (tertiary/aromatic N) is 4. The summed E-state index contributed by atoms with van der Waals surface area (Å²) in [6, 6.07) is 7.93. The zero-order chi connectivity index (χ0) is 22.1. The molecular formula is C23H32N4O4. The van der Waals surface area contributed by atoms with Crippen LogP contribution in [0, 0.1) is 5.92 Å². The number of esters is 1. The third-order valence-corrected chi connectivity index (χ3v) is 5.46. The van der Waals surface area contributed by atoms with Gasteiger partial charge in [-0.1, -0.05) is 12.1 Å². The summed E-state index contributed by atoms with van der Waals surface area (Å²) in [5.41, 5.74) is 2.11. The van der Waals surface area contributed by atoms with Crippen LogP contribution in [0.3, 0.4) is 0 Å². The lowest BCUT2D eigenvalue weighted by atomic mass is 9.97. The number of aromatic nitrogens is 2. The molecule has 0 spiro atoms. The molecule has 1 fully saturated rings. The number of benzene rings is 1. The number of piperidine rings is 1. The lowest BCUT2D eigenvalue weighted by molar-refractivity contribution is -0.147. The third-order valence-electron chi connectivity index (χ3n) is 5.46. The summed E-state index contributed by atoms with van der Waals surface area (Å²) in [5, 5.41) is 10.3. The Morgan fingerprint density at radius 3 is 2.61 bits per heavy atom. The number of β-amino-alcohol motifs (C(OH)–C–C–N with tert-alkyl or cyclic N) is 1. The Labute approximate surface area is 183 Å². The largest absolute Gasteiger partial charge is 0.491 e. The van der Waals surface area contributed by atoms with Crippen LogP contribution in [0.25, 0.3) is 0 Å². The van der Waals surface area contributed by atoms with Gasteiger partial charge in [0.2, 0.25) is 0 Å². The van der Waals surface area contributed by atoms with Gasteiger partial charge in [0.15, 0.2) is 0 Å². The fourth-order valence-corrected chi connectivity index (χ4v) is 3.81. The second-order valence-corrected chi connectivity index (χ2v) is 8.08. The molecule has 0 saturated carbocycles. The number of aliphatic hydroxyl groups excluding tert-OH is 1. The lowest BCUT2D eigenvalue weighted by Crippen LogP contribution is -2.42. The Bertz CT molecular complexity index is 795. The second kappa shape index (κ2) is 11.7. The van der Waals surface area contributed by atoms with E-state index in [2.05, 4.69) is 19.8 Å². The number of rotatable bonds is 10. The number of carbonyl (C=O) groups excluding carboxylic acids is 1. The smallest absolute Gasteiger partial charge is 0.308 e. The summed E-state index contributed by atoms with van der Waals surface area (Å²) in [6.07, 6.45) is 6.12. The predicted molar refractivity (Wildman–Crippen MR) is 116 cm³/mol. The van der Waals surface area contributed by atoms with E-state index in [0.29, 0.717) is 6.54 Å². The van der Waals surface area contributed by atoms with Gasteiger partial charge >= 0.3 is 5.97 Å². The molecule has 0 amide bonds. The fourth-order valence-electron chi connectivity index (χ4n) is 3.81. The molecular weight excluding hydrogens is 396 g/mol. The highest BCUT2D eigenvalue weighted by Gasteiger charge is 2.26. The Kier molecular flexibility index (Phi) is 8.75. The molecule has 8 nitrogen and oxygen atoms in total. The van der Waals surface area contributed by atoms with Crippen LogP contribution in [0.5, 0.6) is 5.75 Å². The number of carbonyl (C=O) groups is 1. The van der Waals surface area contributed by atoms with Crippen molar-refractivity contribution >= 4 is 5.97 Å². The van der Waals surface area contributed by atoms with Crippen molar-refractivity contribution in [2.75, 3.05) is 40.4 Å². The Balaban J connectivity index is 1.36. The third kappa shape index (κ3) is 7.57. The van der Waals surface area contributed by atoms with E-state index < -0.39 is 6.10 Å². The van der Waals surface area contributed by atoms with Crippen LogP contribution in [-0.4, -0.2) is 77.3 Å². The first-order valence-electron chi connectivity index (χ1n) is 10.7. The number of likely N-dealkylation sites (tertiary alicyclic amines) is 1. The highest BCUT2D eigenvalue weighted by molar-refractivity contribution is 5.72. The summed E-state index contributed by atoms with van der Waals surface area (Å²) < 4.78 is 10.6. The van der Waals surface area contributed by atoms with Crippen molar-refractivity contribution in [3.05, 3.63) is 54.1 Å². The van der Waals surface area contributed by atoms with Gasteiger partial charge in [0, 0.05) is 38.2 Å². The van der Waals surface area contributed by atoms with Gasteiger partial charge in [-0.3, -0.25) is 19.7 Å². The average Bonchev–Trinajstić information content (AvgIpc) is 2.79. The van der Waals surface area contributed by atoms with E-state index in [4.69, 9.17) is 9.47 Å². The van der Waals surface area contributed by atoms with Gasteiger partial charge in [0.1, 0.15) is 18.5 Å². The normalized spacial score (nSPS) is 16.3. The fraction of sp³-hybridized carbons (Fsp3) is 0.522. The maximum Gasteiger partial charge on any atom is 0.308 e. The topological polar surface area (TPSA) is 88.0 Å². The van der Waals surface area contributed by atoms with Gasteiger partial charge in [-0.25, -0.2) is 0 Å². The number of ether oxygens (including phenoxy) is 2. The van der Waals surface area contributed by atoms with Crippen molar-refractivity contribution in [1.29, 1.82) is 0 Å². The first-order chi connectivity index (χ1) is 15.0. The summed E-state index contributed by atoms with van der Waals surface area (Å²) >= 11 is 0. The van der Waals surface area contributed by atoms with Gasteiger partial charge in [-0.2, -0.15) is 0 Å². The van der Waals surface area contributed by atoms with Crippen LogP contribution in [0.4, 0.5) is 0 Å². The number of hydrogen-bond acceptors (Lipinski definition) is 8. The minimum atomic E-state index is -0.576. The van der Waals surface area contributed by atoms with Crippen molar-refractivity contribution < 1.29 is 19.4 Å². The van der Waals surface area contributed by atoms with Crippen LogP contribution in [0.15, 0.2) is 42.9 Å². The molecule has 0 aliphatic carbocycles. The molecule has 31 heavy (non-hydrogen) atoms. The molecule has 2 heterocycles. The average molecular weight is 429 g/mol. The zero-order valence-electron chi connectivity index (χ0n) is 18.3. The Morgan fingerprint density at radius 1 is 1.23 bits per heavy atom. The van der Waals surface area contributed by atoms with E-state index in [9.17, 15) is 9.90 Å². The van der Waals surface area contributed by atoms with Gasteiger partial charge in [-0.15, -0.1) is 0 Å². The first kappa shape index (κ1) is 23.1. The molecule has 1 unspecified atom stereocenters. The summed E-state index contributed by atoms with van der Waals surface area (Å²) in [4.78, 5) is 24.3. The minimum absolute atomic E-state index is 0.0205. The molecule has 1 aromatic carbocycles. The van der Waals surface area contributed by atoms with E-state index in [1.54, 1.807) is 18.6 Å². The van der Waals surface area contributed by atoms with Crippen molar-refractivity contribution in [1.82, 2.24) is 19.8 Å². The van der Waals surface area contributed by atoms with Gasteiger partial charge in [-0.05, 0) is 50.7 Å². The molecule has 168 valence electrons. The maximum atomic E-state index is 11.6. The van der Waals surface area contributed by atoms with E-state index in [-0.39, 0.29) is 18.5 Å². The van der Waals surface area contributed by atoms with Crippen LogP contribution >= 0.6 is 0 Å². The predicted octanol–water partition coefficient (Wildman–Crippen LogP) is 1.73. The molecule has 1 N–H and O–H groups in total. The standard InChI is InChI=1S/C23H32N4O4/c1-26(15-20-13-24-9-10-25-20)14-18-3-5-22(6-4-18)31-17-21(28)16-27-11-7-19(8-12-27)23(29)30-2/h3-6,9-10,13,19,21,28H,7-8,11-12,14-17H2,1-2H3. The SMILES string of the molecule is COC(=O)C1CCN(CC(O)COc2ccc(CN(C)Cc3cnccn3)cc2)CC1. The second-order valence-electron chi connectivity index (χ2n) is 8.08. The quantitative estimate of drug-likeness (QED) is 0.573. The van der Waals surface area contributed by atoms with Gasteiger partial charge < -0.3 is 19.5 Å². The summed E-state index contributed by atoms with van der Waals surface area (Å²) in [6.45, 7) is 3.87. The zero-order valence-corrected chi connectivity index (χ0v) is 18.3. The molecule has 0 bridgehead atoms. The Morgan fingerprint density at radius 2 is 1.97 bits per heavy atom. The van der Waals surface area contributed by atoms with Crippen LogP contribution in [-0.2, 0) is 22.6 Å². The van der Waals surface area contributed by atoms with Gasteiger partial charge in [0.25, 0.3) is 0 Å². The molecule has 2 aromatic rings. The van der Waals surface area contributed by atoms with Gasteiger partial charge in [0.05, 0.1) is 18.7 Å². The molecule has 1 atom stereocenters. The lowest BCUT2D eigenvalue weighted by Gasteiger charge is -2.31. The molecule has 0 radical (unpaired) electrons. The number of methoxy groups -OCH3 is 1. The molecule has 1 saturated heterocycles. The summed E-state index contributed by atoms with van der Waals surface area (Å²) in [5.74, 6) is 0.587. The number of hydrogen-bond donors (Lipinski definition) is 1. The Hall–Kier alpha value is -2.55. The van der Waals surface area contributed by atoms with E-state index >= 15 is 0 Å². The van der Waals surface area contributed by atoms with Crippen LogP contribution < -0.4 is 4.74 Å². The molecule has 8 heteroatoms. The maximum absolute atomic E-state index is 11.6. The number of aliphatic hydroxyl groups is 1. The highest BCUT2D eigenvalue weighted by Crippen LogP contribution is 2.19. The van der Waals surface area contributed by atoms with E-state index in [0.717, 1.165) is 50.5 Å². The summed E-state index contributed by atoms with van der Waals surface area (Å²) in [7, 11) is 3.48. The van der Waals surface area contributed by atoms with E-state index in [1.807, 2.05) is 31.3 Å². The van der Waals surface area contributed by atoms with Crippen LogP contribution in [0.2, 0.25) is 0 Å². The monoisotopic (exact) mass is 428 g/mol. The highest BCUT2D eigenvalue weighted by atomic mass is 16.5. The first-order valence-corrected chi connectivity index (χ1v) is 10.7. The van der Waals surface area contributed by atoms with Crippen molar-refractivity contribution in [2.45, 2.75) is 32.0 Å².